The summed E-state index contributed by atoms with van der Waals surface area (Å²) in [5.74, 6) is 0.815. The van der Waals surface area contributed by atoms with Crippen LogP contribution in [0.4, 0.5) is 5.82 Å². The van der Waals surface area contributed by atoms with E-state index in [0.29, 0.717) is 11.5 Å². The van der Waals surface area contributed by atoms with Gasteiger partial charge in [0.1, 0.15) is 5.69 Å². The Morgan fingerprint density at radius 2 is 1.81 bits per heavy atom. The zero-order valence-electron chi connectivity index (χ0n) is 19.1. The van der Waals surface area contributed by atoms with Crippen molar-refractivity contribution >= 4 is 40.6 Å². The standard InChI is InChI=1S/C22H29ClN6O2S/c1-21(2)17(22(21,3)4)20(31)29-10-8-13(9-11-29)19-24-14(12-32-19)18(30)27-28(5)16-7-6-15(23)25-26-16/h6-7,12-13,17H,8-11H2,1-5H3,(H,27,30). The first-order valence-corrected chi connectivity index (χ1v) is 12.1. The second kappa shape index (κ2) is 8.26. The number of halogens is 1. The lowest BCUT2D eigenvalue weighted by Gasteiger charge is -2.31. The number of carbonyl (C=O) groups excluding carboxylic acids is 2. The number of nitrogens with zero attached hydrogens (tertiary/aromatic N) is 5. The van der Waals surface area contributed by atoms with E-state index in [-0.39, 0.29) is 39.6 Å². The van der Waals surface area contributed by atoms with E-state index in [1.54, 1.807) is 24.6 Å². The number of nitrogens with one attached hydrogen (secondary N) is 1. The van der Waals surface area contributed by atoms with E-state index in [0.717, 1.165) is 30.9 Å². The maximum atomic E-state index is 13.0. The highest BCUT2D eigenvalue weighted by molar-refractivity contribution is 7.09. The second-order valence-corrected chi connectivity index (χ2v) is 11.0. The first kappa shape index (κ1) is 22.9. The lowest BCUT2D eigenvalue weighted by Crippen LogP contribution is -2.40. The fourth-order valence-electron chi connectivity index (χ4n) is 4.68. The highest BCUT2D eigenvalue weighted by atomic mass is 35.5. The summed E-state index contributed by atoms with van der Waals surface area (Å²) in [6.07, 6.45) is 1.74. The Kier molecular flexibility index (Phi) is 5.92. The number of amides is 2. The van der Waals surface area contributed by atoms with Gasteiger partial charge in [-0.05, 0) is 35.8 Å². The number of likely N-dealkylation sites (tertiary alicyclic amines) is 1. The van der Waals surface area contributed by atoms with Crippen LogP contribution in [-0.4, -0.2) is 52.0 Å². The van der Waals surface area contributed by atoms with Crippen LogP contribution in [0.1, 0.15) is 62.0 Å². The van der Waals surface area contributed by atoms with Crippen molar-refractivity contribution in [1.82, 2.24) is 25.5 Å². The summed E-state index contributed by atoms with van der Waals surface area (Å²) < 4.78 is 0. The minimum atomic E-state index is -0.308. The predicted octanol–water partition coefficient (Wildman–Crippen LogP) is 3.76. The van der Waals surface area contributed by atoms with E-state index in [9.17, 15) is 9.59 Å². The fraction of sp³-hybridized carbons (Fsp3) is 0.591. The number of rotatable bonds is 5. The maximum absolute atomic E-state index is 13.0. The third-order valence-corrected chi connectivity index (χ3v) is 8.62. The average Bonchev–Trinajstić information content (AvgIpc) is 3.08. The normalized spacial score (nSPS) is 20.1. The minimum Gasteiger partial charge on any atom is -0.342 e. The Morgan fingerprint density at radius 3 is 2.38 bits per heavy atom. The Labute approximate surface area is 197 Å². The van der Waals surface area contributed by atoms with Gasteiger partial charge in [-0.1, -0.05) is 39.3 Å². The van der Waals surface area contributed by atoms with Crippen LogP contribution in [0.15, 0.2) is 17.5 Å². The monoisotopic (exact) mass is 476 g/mol. The van der Waals surface area contributed by atoms with Crippen molar-refractivity contribution < 1.29 is 9.59 Å². The molecule has 8 nitrogen and oxygen atoms in total. The van der Waals surface area contributed by atoms with E-state index in [1.165, 1.54) is 16.3 Å². The van der Waals surface area contributed by atoms with E-state index in [1.807, 2.05) is 4.90 Å². The molecule has 1 N–H and O–H groups in total. The molecular formula is C22H29ClN6O2S. The molecule has 2 aromatic rings. The summed E-state index contributed by atoms with van der Waals surface area (Å²) in [5.41, 5.74) is 3.24. The average molecular weight is 477 g/mol. The molecule has 0 unspecified atom stereocenters. The summed E-state index contributed by atoms with van der Waals surface area (Å²) >= 11 is 7.25. The van der Waals surface area contributed by atoms with Crippen LogP contribution in [0.2, 0.25) is 5.15 Å². The van der Waals surface area contributed by atoms with E-state index < -0.39 is 0 Å². The summed E-state index contributed by atoms with van der Waals surface area (Å²) in [4.78, 5) is 32.2. The van der Waals surface area contributed by atoms with Crippen molar-refractivity contribution in [2.75, 3.05) is 25.1 Å². The molecule has 172 valence electrons. The minimum absolute atomic E-state index is 0.0588. The van der Waals surface area contributed by atoms with Crippen LogP contribution < -0.4 is 10.4 Å². The molecule has 0 spiro atoms. The lowest BCUT2D eigenvalue weighted by atomic mass is 9.96. The first-order valence-electron chi connectivity index (χ1n) is 10.8. The number of aromatic nitrogens is 3. The lowest BCUT2D eigenvalue weighted by molar-refractivity contribution is -0.134. The van der Waals surface area contributed by atoms with Crippen LogP contribution in [0.25, 0.3) is 0 Å². The zero-order valence-corrected chi connectivity index (χ0v) is 20.6. The third kappa shape index (κ3) is 4.08. The van der Waals surface area contributed by atoms with Gasteiger partial charge in [0.15, 0.2) is 11.0 Å². The van der Waals surface area contributed by atoms with Crippen LogP contribution in [-0.2, 0) is 4.79 Å². The Bertz CT molecular complexity index is 1000. The van der Waals surface area contributed by atoms with E-state index in [4.69, 9.17) is 11.6 Å². The van der Waals surface area contributed by atoms with Crippen LogP contribution in [0.3, 0.4) is 0 Å². The number of carbonyl (C=O) groups is 2. The Balaban J connectivity index is 1.32. The molecule has 32 heavy (non-hydrogen) atoms. The molecule has 2 aliphatic rings. The number of hydrogen-bond donors (Lipinski definition) is 1. The number of hydrazine groups is 1. The quantitative estimate of drug-likeness (QED) is 0.661. The molecule has 1 saturated carbocycles. The Hall–Kier alpha value is -2.26. The number of thiazole rings is 1. The molecule has 0 bridgehead atoms. The van der Waals surface area contributed by atoms with Crippen molar-refractivity contribution in [1.29, 1.82) is 0 Å². The predicted molar refractivity (Wildman–Crippen MR) is 125 cm³/mol. The molecule has 10 heteroatoms. The molecule has 0 atom stereocenters. The topological polar surface area (TPSA) is 91.3 Å². The molecule has 1 saturated heterocycles. The summed E-state index contributed by atoms with van der Waals surface area (Å²) in [6.45, 7) is 10.2. The van der Waals surface area contributed by atoms with Gasteiger partial charge in [0.05, 0.1) is 5.01 Å². The van der Waals surface area contributed by atoms with Gasteiger partial charge in [0, 0.05) is 37.4 Å². The van der Waals surface area contributed by atoms with Crippen LogP contribution >= 0.6 is 22.9 Å². The molecule has 2 fully saturated rings. The summed E-state index contributed by atoms with van der Waals surface area (Å²) in [6, 6.07) is 3.27. The van der Waals surface area contributed by atoms with Gasteiger partial charge in [-0.3, -0.25) is 20.0 Å². The van der Waals surface area contributed by atoms with E-state index in [2.05, 4.69) is 48.3 Å². The molecule has 2 aromatic heterocycles. The first-order chi connectivity index (χ1) is 15.0. The van der Waals surface area contributed by atoms with Gasteiger partial charge < -0.3 is 4.90 Å². The molecule has 1 aliphatic heterocycles. The molecule has 2 amide bonds. The number of anilines is 1. The van der Waals surface area contributed by atoms with Gasteiger partial charge in [0.25, 0.3) is 5.91 Å². The van der Waals surface area contributed by atoms with Gasteiger partial charge in [-0.2, -0.15) is 0 Å². The van der Waals surface area contributed by atoms with E-state index >= 15 is 0 Å². The van der Waals surface area contributed by atoms with Gasteiger partial charge in [-0.15, -0.1) is 21.5 Å². The summed E-state index contributed by atoms with van der Waals surface area (Å²) in [5, 5.41) is 12.2. The molecular weight excluding hydrogens is 448 g/mol. The van der Waals surface area contributed by atoms with Crippen molar-refractivity contribution in [3.05, 3.63) is 33.4 Å². The summed E-state index contributed by atoms with van der Waals surface area (Å²) in [7, 11) is 1.68. The van der Waals surface area contributed by atoms with Crippen molar-refractivity contribution in [3.8, 4) is 0 Å². The highest BCUT2D eigenvalue weighted by Crippen LogP contribution is 2.68. The maximum Gasteiger partial charge on any atom is 0.289 e. The SMILES string of the molecule is CN(NC(=O)c1csc(C2CCN(C(=O)C3C(C)(C)C3(C)C)CC2)n1)c1ccc(Cl)nn1. The smallest absolute Gasteiger partial charge is 0.289 e. The number of hydrogen-bond acceptors (Lipinski definition) is 7. The molecule has 1 aliphatic carbocycles. The highest BCUT2D eigenvalue weighted by Gasteiger charge is 2.68. The number of piperidine rings is 1. The van der Waals surface area contributed by atoms with Gasteiger partial charge in [-0.25, -0.2) is 4.98 Å². The van der Waals surface area contributed by atoms with Crippen molar-refractivity contribution in [2.24, 2.45) is 16.7 Å². The van der Waals surface area contributed by atoms with Gasteiger partial charge in [0.2, 0.25) is 5.91 Å². The van der Waals surface area contributed by atoms with Crippen LogP contribution in [0.5, 0.6) is 0 Å². The fourth-order valence-corrected chi connectivity index (χ4v) is 5.75. The molecule has 0 aromatic carbocycles. The van der Waals surface area contributed by atoms with Crippen molar-refractivity contribution in [3.63, 3.8) is 0 Å². The molecule has 3 heterocycles. The molecule has 4 rings (SSSR count). The molecule has 0 radical (unpaired) electrons. The van der Waals surface area contributed by atoms with Crippen molar-refractivity contribution in [2.45, 2.75) is 46.5 Å². The largest absolute Gasteiger partial charge is 0.342 e. The Morgan fingerprint density at radius 1 is 1.16 bits per heavy atom. The third-order valence-electron chi connectivity index (χ3n) is 7.41. The van der Waals surface area contributed by atoms with Crippen LogP contribution in [0, 0.1) is 16.7 Å². The zero-order chi connectivity index (χ0) is 23.3. The van der Waals surface area contributed by atoms with Gasteiger partial charge >= 0.3 is 0 Å². The second-order valence-electron chi connectivity index (χ2n) is 9.76.